The maximum absolute atomic E-state index is 10.7. The van der Waals surface area contributed by atoms with E-state index in [1.165, 1.54) is 19.5 Å². The first-order valence-electron chi connectivity index (χ1n) is 3.50. The van der Waals surface area contributed by atoms with E-state index in [0.29, 0.717) is 0 Å². The van der Waals surface area contributed by atoms with Crippen molar-refractivity contribution in [3.63, 3.8) is 0 Å². The number of carbonyl (C=O) groups is 1. The topological polar surface area (TPSA) is 73.7 Å². The first-order chi connectivity index (χ1) is 5.70. The highest BCUT2D eigenvalue weighted by Gasteiger charge is 1.94. The highest BCUT2D eigenvalue weighted by Crippen LogP contribution is 1.91. The Morgan fingerprint density at radius 1 is 1.58 bits per heavy atom. The molecule has 0 fully saturated rings. The van der Waals surface area contributed by atoms with Crippen LogP contribution in [0.2, 0.25) is 0 Å². The summed E-state index contributed by atoms with van der Waals surface area (Å²) in [4.78, 5) is 14.2. The summed E-state index contributed by atoms with van der Waals surface area (Å²) in [7, 11) is 3.19. The van der Waals surface area contributed by atoms with Gasteiger partial charge < -0.3 is 15.7 Å². The molecule has 0 aromatic heterocycles. The van der Waals surface area contributed by atoms with Crippen molar-refractivity contribution in [2.24, 2.45) is 4.99 Å². The van der Waals surface area contributed by atoms with Crippen LogP contribution in [0.1, 0.15) is 6.42 Å². The molecule has 0 aromatic rings. The van der Waals surface area contributed by atoms with E-state index in [0.717, 1.165) is 0 Å². The molecule has 0 bridgehead atoms. The number of hydrogen-bond donors (Lipinski definition) is 3. The number of aliphatic hydroxyl groups is 1. The molecule has 0 saturated carbocycles. The fourth-order valence-corrected chi connectivity index (χ4v) is 0.469. The quantitative estimate of drug-likeness (QED) is 0.311. The van der Waals surface area contributed by atoms with Gasteiger partial charge in [-0.3, -0.25) is 4.79 Å². The Kier molecular flexibility index (Phi) is 5.42. The van der Waals surface area contributed by atoms with Crippen molar-refractivity contribution >= 4 is 12.2 Å². The second-order valence-corrected chi connectivity index (χ2v) is 1.99. The number of hydrogen-bond acceptors (Lipinski definition) is 3. The lowest BCUT2D eigenvalue weighted by Gasteiger charge is -1.93. The third-order valence-corrected chi connectivity index (χ3v) is 1.07. The van der Waals surface area contributed by atoms with Crippen molar-refractivity contribution in [2.45, 2.75) is 6.42 Å². The van der Waals surface area contributed by atoms with Gasteiger partial charge in [-0.05, 0) is 6.08 Å². The molecule has 1 amide bonds. The summed E-state index contributed by atoms with van der Waals surface area (Å²) in [5.74, 6) is -0.339. The highest BCUT2D eigenvalue weighted by molar-refractivity contribution is 5.77. The summed E-state index contributed by atoms with van der Waals surface area (Å²) < 4.78 is 0. The Morgan fingerprint density at radius 3 is 2.75 bits per heavy atom. The molecule has 0 unspecified atom stereocenters. The van der Waals surface area contributed by atoms with Crippen LogP contribution in [0.5, 0.6) is 0 Å². The monoisotopic (exact) mass is 171 g/mol. The van der Waals surface area contributed by atoms with Crippen LogP contribution in [0.3, 0.4) is 0 Å². The Labute approximate surface area is 71.2 Å². The second kappa shape index (κ2) is 6.21. The summed E-state index contributed by atoms with van der Waals surface area (Å²) in [5.41, 5.74) is 0. The molecule has 0 aliphatic heterocycles. The van der Waals surface area contributed by atoms with Crippen molar-refractivity contribution in [1.29, 1.82) is 0 Å². The van der Waals surface area contributed by atoms with E-state index < -0.39 is 0 Å². The molecule has 0 aliphatic rings. The average molecular weight is 171 g/mol. The molecule has 68 valence electrons. The third-order valence-electron chi connectivity index (χ3n) is 1.07. The number of nitrogens with zero attached hydrogens (tertiary/aromatic N) is 1. The van der Waals surface area contributed by atoms with Crippen LogP contribution in [-0.4, -0.2) is 31.4 Å². The molecule has 5 nitrogen and oxygen atoms in total. The van der Waals surface area contributed by atoms with Crippen LogP contribution >= 0.6 is 0 Å². The largest absolute Gasteiger partial charge is 0.493 e. The Bertz CT molecular complexity index is 199. The lowest BCUT2D eigenvalue weighted by Crippen LogP contribution is -2.16. The number of aliphatic hydroxyl groups excluding tert-OH is 1. The van der Waals surface area contributed by atoms with Gasteiger partial charge in [-0.2, -0.15) is 0 Å². The molecule has 0 atom stereocenters. The predicted molar refractivity (Wildman–Crippen MR) is 46.9 cm³/mol. The zero-order valence-electron chi connectivity index (χ0n) is 7.16. The molecule has 12 heavy (non-hydrogen) atoms. The van der Waals surface area contributed by atoms with Gasteiger partial charge in [0.25, 0.3) is 0 Å². The van der Waals surface area contributed by atoms with Crippen LogP contribution in [-0.2, 0) is 4.79 Å². The van der Waals surface area contributed by atoms with Crippen molar-refractivity contribution in [2.75, 3.05) is 14.1 Å². The molecule has 0 saturated heterocycles. The van der Waals surface area contributed by atoms with Gasteiger partial charge in [0.1, 0.15) is 0 Å². The Morgan fingerprint density at radius 2 is 2.25 bits per heavy atom. The zero-order chi connectivity index (χ0) is 9.40. The minimum atomic E-state index is -0.173. The van der Waals surface area contributed by atoms with Gasteiger partial charge in [-0.15, -0.1) is 0 Å². The van der Waals surface area contributed by atoms with Crippen molar-refractivity contribution in [1.82, 2.24) is 10.6 Å². The molecule has 0 aliphatic carbocycles. The van der Waals surface area contributed by atoms with E-state index in [4.69, 9.17) is 5.11 Å². The zero-order valence-corrected chi connectivity index (χ0v) is 7.16. The van der Waals surface area contributed by atoms with Crippen LogP contribution < -0.4 is 10.6 Å². The Hall–Kier alpha value is -1.52. The summed E-state index contributed by atoms with van der Waals surface area (Å²) in [6.07, 6.45) is 2.78. The van der Waals surface area contributed by atoms with E-state index in [1.807, 2.05) is 0 Å². The minimum absolute atomic E-state index is 0.128. The fraction of sp³-hybridized carbons (Fsp3) is 0.429. The van der Waals surface area contributed by atoms with Crippen molar-refractivity contribution in [3.8, 4) is 0 Å². The van der Waals surface area contributed by atoms with Crippen molar-refractivity contribution < 1.29 is 9.90 Å². The fourth-order valence-electron chi connectivity index (χ4n) is 0.469. The number of aliphatic imine (C=N–C) groups is 1. The molecule has 5 heteroatoms. The number of nitrogens with one attached hydrogen (secondary N) is 2. The van der Waals surface area contributed by atoms with Crippen LogP contribution in [0.25, 0.3) is 0 Å². The van der Waals surface area contributed by atoms with Gasteiger partial charge in [0, 0.05) is 14.1 Å². The van der Waals surface area contributed by atoms with E-state index in [1.54, 1.807) is 7.05 Å². The smallest absolute Gasteiger partial charge is 0.223 e. The number of rotatable bonds is 4. The Balaban J connectivity index is 3.84. The molecule has 0 rings (SSSR count). The van der Waals surface area contributed by atoms with Crippen LogP contribution in [0.4, 0.5) is 0 Å². The van der Waals surface area contributed by atoms with Gasteiger partial charge in [0.15, 0.2) is 0 Å². The van der Waals surface area contributed by atoms with Gasteiger partial charge in [-0.1, -0.05) is 0 Å². The van der Waals surface area contributed by atoms with Gasteiger partial charge >= 0.3 is 0 Å². The van der Waals surface area contributed by atoms with Crippen LogP contribution in [0.15, 0.2) is 17.0 Å². The average Bonchev–Trinajstić information content (AvgIpc) is 2.10. The number of carbonyl (C=O) groups excluding carboxylic acids is 1. The van der Waals surface area contributed by atoms with Gasteiger partial charge in [0.05, 0.1) is 12.8 Å². The molecular weight excluding hydrogens is 158 g/mol. The highest BCUT2D eigenvalue weighted by atomic mass is 16.3. The lowest BCUT2D eigenvalue weighted by molar-refractivity contribution is -0.119. The first kappa shape index (κ1) is 10.5. The standard InChI is InChI=1S/C7H13N3O2/c1-8-5-10-7(12)4-3-6(11)9-2/h4-5,12H,3H2,1-2H3,(H,8,10)(H,9,11)/b7-4+. The normalized spacial score (nSPS) is 11.7. The minimum Gasteiger partial charge on any atom is -0.493 e. The molecule has 0 spiro atoms. The first-order valence-corrected chi connectivity index (χ1v) is 3.50. The summed E-state index contributed by atoms with van der Waals surface area (Å²) in [6.45, 7) is 0. The molecule has 3 N–H and O–H groups in total. The van der Waals surface area contributed by atoms with E-state index >= 15 is 0 Å². The van der Waals surface area contributed by atoms with E-state index in [-0.39, 0.29) is 18.2 Å². The maximum Gasteiger partial charge on any atom is 0.223 e. The summed E-state index contributed by atoms with van der Waals surface area (Å²) in [6, 6.07) is 0. The van der Waals surface area contributed by atoms with Crippen LogP contribution in [0, 0.1) is 0 Å². The predicted octanol–water partition coefficient (Wildman–Crippen LogP) is -0.230. The van der Waals surface area contributed by atoms with Crippen molar-refractivity contribution in [3.05, 3.63) is 12.0 Å². The van der Waals surface area contributed by atoms with Gasteiger partial charge in [0.2, 0.25) is 11.8 Å². The summed E-state index contributed by atoms with van der Waals surface area (Å²) in [5, 5.41) is 14.0. The second-order valence-electron chi connectivity index (χ2n) is 1.99. The maximum atomic E-state index is 10.7. The molecule has 0 radical (unpaired) electrons. The van der Waals surface area contributed by atoms with Gasteiger partial charge in [-0.25, -0.2) is 4.99 Å². The molecule has 0 heterocycles. The SMILES string of the molecule is CN/C=N/C(O)=C\CC(=O)NC. The lowest BCUT2D eigenvalue weighted by atomic mass is 10.4. The third kappa shape index (κ3) is 5.28. The molecular formula is C7H13N3O2. The van der Waals surface area contributed by atoms with E-state index in [2.05, 4.69) is 15.6 Å². The molecule has 0 aromatic carbocycles. The van der Waals surface area contributed by atoms with E-state index in [9.17, 15) is 4.79 Å². The summed E-state index contributed by atoms with van der Waals surface area (Å²) >= 11 is 0. The number of amides is 1.